The summed E-state index contributed by atoms with van der Waals surface area (Å²) in [4.78, 5) is 27.5. The number of aliphatic hydroxyl groups is 1. The molecule has 3 N–H and O–H groups in total. The third-order valence-electron chi connectivity index (χ3n) is 7.51. The first kappa shape index (κ1) is 28.3. The van der Waals surface area contributed by atoms with Crippen LogP contribution in [0.5, 0.6) is 0 Å². The van der Waals surface area contributed by atoms with Gasteiger partial charge in [0.25, 0.3) is 11.6 Å². The molecular weight excluding hydrogens is 524 g/mol. The largest absolute Gasteiger partial charge is 0.459 e. The second-order valence-electron chi connectivity index (χ2n) is 10.1. The van der Waals surface area contributed by atoms with Gasteiger partial charge in [0, 0.05) is 44.2 Å². The Morgan fingerprint density at radius 2 is 1.98 bits per heavy atom. The van der Waals surface area contributed by atoms with Crippen molar-refractivity contribution in [2.45, 2.75) is 38.4 Å². The SMILES string of the molecule is CCO[C@H]1OC(C(=O)NCCNc2ccc([N+](=O)[O-])cn2)=C[C@@H](c2ccc3c(c2)Cc2ccccc2-3)[C@@H]1CCCO. The van der Waals surface area contributed by atoms with Gasteiger partial charge in [-0.2, -0.15) is 0 Å². The number of hydrogen-bond acceptors (Lipinski definition) is 8. The van der Waals surface area contributed by atoms with Gasteiger partial charge in [0.1, 0.15) is 12.0 Å². The molecular formula is C31H34N4O6. The van der Waals surface area contributed by atoms with Crippen molar-refractivity contribution in [1.82, 2.24) is 10.3 Å². The lowest BCUT2D eigenvalue weighted by Gasteiger charge is -2.37. The van der Waals surface area contributed by atoms with E-state index in [2.05, 4.69) is 58.1 Å². The number of pyridine rings is 1. The molecule has 5 rings (SSSR count). The van der Waals surface area contributed by atoms with Crippen molar-refractivity contribution in [3.63, 3.8) is 0 Å². The van der Waals surface area contributed by atoms with Crippen LogP contribution in [0.3, 0.4) is 0 Å². The Hall–Kier alpha value is -4.28. The molecule has 0 unspecified atom stereocenters. The molecule has 0 saturated heterocycles. The fourth-order valence-corrected chi connectivity index (χ4v) is 5.57. The maximum atomic E-state index is 13.2. The lowest BCUT2D eigenvalue weighted by Crippen LogP contribution is -2.39. The zero-order chi connectivity index (χ0) is 28.8. The van der Waals surface area contributed by atoms with E-state index in [-0.39, 0.29) is 42.3 Å². The van der Waals surface area contributed by atoms with Crippen LogP contribution in [0.25, 0.3) is 11.1 Å². The quantitative estimate of drug-likeness (QED) is 0.131. The number of aliphatic hydroxyl groups excluding tert-OH is 1. The summed E-state index contributed by atoms with van der Waals surface area (Å²) in [7, 11) is 0. The van der Waals surface area contributed by atoms with E-state index < -0.39 is 11.2 Å². The number of nitrogens with zero attached hydrogens (tertiary/aromatic N) is 2. The summed E-state index contributed by atoms with van der Waals surface area (Å²) in [6.45, 7) is 3.03. The molecule has 3 aromatic rings. The molecule has 1 amide bonds. The number of hydrogen-bond donors (Lipinski definition) is 3. The van der Waals surface area contributed by atoms with Crippen LogP contribution in [0.15, 0.2) is 72.6 Å². The first-order valence-corrected chi connectivity index (χ1v) is 13.9. The average molecular weight is 559 g/mol. The highest BCUT2D eigenvalue weighted by Crippen LogP contribution is 2.43. The van der Waals surface area contributed by atoms with Crippen LogP contribution in [0, 0.1) is 16.0 Å². The monoisotopic (exact) mass is 558 g/mol. The number of nitrogens with one attached hydrogen (secondary N) is 2. The van der Waals surface area contributed by atoms with Crippen molar-refractivity contribution in [2.75, 3.05) is 31.6 Å². The van der Waals surface area contributed by atoms with E-state index in [9.17, 15) is 20.0 Å². The van der Waals surface area contributed by atoms with E-state index in [0.717, 1.165) is 12.0 Å². The van der Waals surface area contributed by atoms with E-state index in [0.29, 0.717) is 31.8 Å². The maximum Gasteiger partial charge on any atom is 0.287 e. The first-order valence-electron chi connectivity index (χ1n) is 13.9. The molecule has 1 aliphatic carbocycles. The summed E-state index contributed by atoms with van der Waals surface area (Å²) in [5.74, 6) is 0.109. The highest BCUT2D eigenvalue weighted by atomic mass is 16.7. The molecule has 214 valence electrons. The summed E-state index contributed by atoms with van der Waals surface area (Å²) < 4.78 is 12.1. The van der Waals surface area contributed by atoms with Gasteiger partial charge in [-0.3, -0.25) is 14.9 Å². The number of rotatable bonds is 12. The molecule has 1 aromatic heterocycles. The minimum atomic E-state index is -0.629. The van der Waals surface area contributed by atoms with Crippen LogP contribution >= 0.6 is 0 Å². The Morgan fingerprint density at radius 3 is 2.73 bits per heavy atom. The van der Waals surface area contributed by atoms with E-state index in [1.54, 1.807) is 0 Å². The van der Waals surface area contributed by atoms with Crippen LogP contribution in [0.1, 0.15) is 42.4 Å². The third kappa shape index (κ3) is 6.39. The lowest BCUT2D eigenvalue weighted by atomic mass is 9.80. The fourth-order valence-electron chi connectivity index (χ4n) is 5.57. The molecule has 1 aliphatic heterocycles. The van der Waals surface area contributed by atoms with Gasteiger partial charge in [0.2, 0.25) is 6.29 Å². The minimum Gasteiger partial charge on any atom is -0.459 e. The van der Waals surface area contributed by atoms with E-state index in [1.807, 2.05) is 13.0 Å². The molecule has 2 aliphatic rings. The second kappa shape index (κ2) is 12.9. The first-order chi connectivity index (χ1) is 20.0. The van der Waals surface area contributed by atoms with Gasteiger partial charge < -0.3 is 25.2 Å². The number of amides is 1. The van der Waals surface area contributed by atoms with Crippen molar-refractivity contribution < 1.29 is 24.3 Å². The normalized spacial score (nSPS) is 19.0. The molecule has 0 saturated carbocycles. The van der Waals surface area contributed by atoms with Gasteiger partial charge in [-0.25, -0.2) is 4.98 Å². The molecule has 2 heterocycles. The third-order valence-corrected chi connectivity index (χ3v) is 7.51. The van der Waals surface area contributed by atoms with Gasteiger partial charge in [0.05, 0.1) is 4.92 Å². The van der Waals surface area contributed by atoms with Crippen LogP contribution in [-0.2, 0) is 20.7 Å². The zero-order valence-electron chi connectivity index (χ0n) is 22.9. The Labute approximate surface area is 238 Å². The summed E-state index contributed by atoms with van der Waals surface area (Å²) in [6.07, 6.45) is 4.58. The second-order valence-corrected chi connectivity index (χ2v) is 10.1. The number of allylic oxidation sites excluding steroid dienone is 1. The highest BCUT2D eigenvalue weighted by Gasteiger charge is 2.38. The summed E-state index contributed by atoms with van der Waals surface area (Å²) in [5.41, 5.74) is 6.07. The molecule has 41 heavy (non-hydrogen) atoms. The molecule has 3 atom stereocenters. The average Bonchev–Trinajstić information content (AvgIpc) is 3.36. The van der Waals surface area contributed by atoms with Crippen LogP contribution in [0.4, 0.5) is 11.5 Å². The summed E-state index contributed by atoms with van der Waals surface area (Å²) >= 11 is 0. The van der Waals surface area contributed by atoms with Crippen molar-refractivity contribution in [1.29, 1.82) is 0 Å². The number of nitro groups is 1. The van der Waals surface area contributed by atoms with Gasteiger partial charge in [-0.05, 0) is 66.1 Å². The number of anilines is 1. The molecule has 0 bridgehead atoms. The van der Waals surface area contributed by atoms with Crippen molar-refractivity contribution in [3.8, 4) is 11.1 Å². The lowest BCUT2D eigenvalue weighted by molar-refractivity contribution is -0.385. The molecule has 10 heteroatoms. The minimum absolute atomic E-state index is 0.0647. The van der Waals surface area contributed by atoms with Crippen LogP contribution in [-0.4, -0.2) is 53.5 Å². The Kier molecular flexibility index (Phi) is 8.91. The predicted octanol–water partition coefficient (Wildman–Crippen LogP) is 4.54. The standard InChI is InChI=1S/C31H34N4O6/c1-2-40-31-26(8-5-15-36)27(21-9-11-25-22(17-21)16-20-6-3-4-7-24(20)25)18-28(41-31)30(37)33-14-13-32-29-12-10-23(19-34-29)35(38)39/h3-4,6-7,9-12,17-19,26-27,31,36H,2,5,8,13-16H2,1H3,(H,32,34)(H,33,37)/t26-,27-,31-/m0/s1. The number of ether oxygens (including phenoxy) is 2. The number of carbonyl (C=O) groups is 1. The number of benzene rings is 2. The smallest absolute Gasteiger partial charge is 0.287 e. The van der Waals surface area contributed by atoms with E-state index >= 15 is 0 Å². The summed E-state index contributed by atoms with van der Waals surface area (Å²) in [5, 5.41) is 26.3. The summed E-state index contributed by atoms with van der Waals surface area (Å²) in [6, 6.07) is 17.8. The van der Waals surface area contributed by atoms with Gasteiger partial charge >= 0.3 is 0 Å². The van der Waals surface area contributed by atoms with Gasteiger partial charge in [-0.1, -0.05) is 42.5 Å². The maximum absolute atomic E-state index is 13.2. The van der Waals surface area contributed by atoms with E-state index in [1.165, 1.54) is 40.6 Å². The fraction of sp³-hybridized carbons (Fsp3) is 0.355. The predicted molar refractivity (Wildman–Crippen MR) is 154 cm³/mol. The van der Waals surface area contributed by atoms with Gasteiger partial charge in [-0.15, -0.1) is 0 Å². The topological polar surface area (TPSA) is 136 Å². The highest BCUT2D eigenvalue weighted by molar-refractivity contribution is 5.91. The number of fused-ring (bicyclic) bond motifs is 3. The number of aromatic nitrogens is 1. The van der Waals surface area contributed by atoms with Gasteiger partial charge in [0.15, 0.2) is 5.76 Å². The Bertz CT molecular complexity index is 1420. The van der Waals surface area contributed by atoms with Crippen molar-refractivity contribution in [2.24, 2.45) is 5.92 Å². The van der Waals surface area contributed by atoms with Crippen LogP contribution < -0.4 is 10.6 Å². The zero-order valence-corrected chi connectivity index (χ0v) is 22.9. The molecule has 0 spiro atoms. The Morgan fingerprint density at radius 1 is 1.15 bits per heavy atom. The van der Waals surface area contributed by atoms with Crippen LogP contribution in [0.2, 0.25) is 0 Å². The van der Waals surface area contributed by atoms with Crippen molar-refractivity contribution >= 4 is 17.4 Å². The molecule has 0 radical (unpaired) electrons. The van der Waals surface area contributed by atoms with Crippen molar-refractivity contribution in [3.05, 3.63) is 99.4 Å². The molecule has 10 nitrogen and oxygen atoms in total. The number of carbonyl (C=O) groups excluding carboxylic acids is 1. The molecule has 0 fully saturated rings. The molecule has 2 aromatic carbocycles. The Balaban J connectivity index is 1.32. The van der Waals surface area contributed by atoms with E-state index in [4.69, 9.17) is 9.47 Å².